The number of methoxy groups -OCH3 is 2. The Morgan fingerprint density at radius 2 is 1.09 bits per heavy atom. The quantitative estimate of drug-likeness (QED) is 0.418. The summed E-state index contributed by atoms with van der Waals surface area (Å²) in [5.74, 6) is -1.90. The molecule has 2 atom stereocenters. The first kappa shape index (κ1) is 24.5. The molecule has 0 unspecified atom stereocenters. The number of piperazine rings is 1. The highest BCUT2D eigenvalue weighted by molar-refractivity contribution is 8.15. The van der Waals surface area contributed by atoms with Gasteiger partial charge in [0, 0.05) is 26.2 Å². The van der Waals surface area contributed by atoms with Crippen LogP contribution in [0.15, 0.2) is 0 Å². The van der Waals surface area contributed by atoms with E-state index in [1.54, 1.807) is 0 Å². The van der Waals surface area contributed by atoms with Crippen LogP contribution in [-0.2, 0) is 28.7 Å². The molecule has 176 valence electrons. The minimum atomic E-state index is -0.765. The molecular weight excluding hydrogens is 464 g/mol. The van der Waals surface area contributed by atoms with Gasteiger partial charge in [0.25, 0.3) is 10.5 Å². The second-order valence-electron chi connectivity index (χ2n) is 7.36. The SMILES string of the molecule is COC(=O)C[C@H]1SC(=O)N(CN2CCN(CN3C(=O)S[C@H](CC(=O)OC)C3=O)CC2)C1=O. The second-order valence-corrected chi connectivity index (χ2v) is 9.66. The molecule has 3 saturated heterocycles. The van der Waals surface area contributed by atoms with Crippen LogP contribution in [0.2, 0.25) is 0 Å². The first-order valence-corrected chi connectivity index (χ1v) is 11.6. The van der Waals surface area contributed by atoms with Gasteiger partial charge < -0.3 is 9.47 Å². The highest BCUT2D eigenvalue weighted by Gasteiger charge is 2.43. The molecule has 0 N–H and O–H groups in total. The minimum absolute atomic E-state index is 0.120. The topological polar surface area (TPSA) is 134 Å². The van der Waals surface area contributed by atoms with Gasteiger partial charge in [0.2, 0.25) is 11.8 Å². The van der Waals surface area contributed by atoms with Gasteiger partial charge in [-0.1, -0.05) is 23.5 Å². The average molecular weight is 489 g/mol. The number of rotatable bonds is 8. The molecule has 32 heavy (non-hydrogen) atoms. The molecule has 3 fully saturated rings. The Bertz CT molecular complexity index is 751. The van der Waals surface area contributed by atoms with Crippen LogP contribution in [0, 0.1) is 0 Å². The summed E-state index contributed by atoms with van der Waals surface area (Å²) in [6.45, 7) is 2.34. The third kappa shape index (κ3) is 5.60. The number of carbonyl (C=O) groups excluding carboxylic acids is 6. The molecule has 14 heteroatoms. The molecule has 0 spiro atoms. The summed E-state index contributed by atoms with van der Waals surface area (Å²) < 4.78 is 9.13. The maximum absolute atomic E-state index is 12.5. The van der Waals surface area contributed by atoms with Gasteiger partial charge in [0.15, 0.2) is 0 Å². The molecule has 0 aromatic rings. The molecule has 3 aliphatic heterocycles. The first-order chi connectivity index (χ1) is 15.2. The maximum Gasteiger partial charge on any atom is 0.307 e. The number of imide groups is 2. The van der Waals surface area contributed by atoms with Gasteiger partial charge in [-0.3, -0.25) is 48.4 Å². The van der Waals surface area contributed by atoms with E-state index in [0.717, 1.165) is 33.3 Å². The van der Waals surface area contributed by atoms with E-state index in [1.165, 1.54) is 14.2 Å². The third-order valence-electron chi connectivity index (χ3n) is 5.32. The summed E-state index contributed by atoms with van der Waals surface area (Å²) in [7, 11) is 2.46. The van der Waals surface area contributed by atoms with Crippen molar-refractivity contribution in [3.05, 3.63) is 0 Å². The lowest BCUT2D eigenvalue weighted by Gasteiger charge is -2.37. The monoisotopic (exact) mass is 488 g/mol. The van der Waals surface area contributed by atoms with Crippen LogP contribution >= 0.6 is 23.5 Å². The maximum atomic E-state index is 12.5. The number of amides is 4. The van der Waals surface area contributed by atoms with Crippen molar-refractivity contribution in [2.24, 2.45) is 0 Å². The van der Waals surface area contributed by atoms with Crippen LogP contribution in [0.1, 0.15) is 12.8 Å². The zero-order valence-corrected chi connectivity index (χ0v) is 19.3. The highest BCUT2D eigenvalue weighted by atomic mass is 32.2. The Labute approximate surface area is 192 Å². The van der Waals surface area contributed by atoms with Crippen LogP contribution in [0.4, 0.5) is 9.59 Å². The molecule has 3 rings (SSSR count). The number of carbonyl (C=O) groups is 6. The first-order valence-electron chi connectivity index (χ1n) is 9.85. The van der Waals surface area contributed by atoms with Crippen molar-refractivity contribution < 1.29 is 38.2 Å². The summed E-state index contributed by atoms with van der Waals surface area (Å²) in [6.07, 6.45) is -0.300. The lowest BCUT2D eigenvalue weighted by molar-refractivity contribution is -0.143. The van der Waals surface area contributed by atoms with Gasteiger partial charge in [-0.05, 0) is 0 Å². The van der Waals surface area contributed by atoms with E-state index in [1.807, 2.05) is 9.80 Å². The normalized spacial score (nSPS) is 25.1. The Morgan fingerprint density at radius 3 is 1.41 bits per heavy atom. The Morgan fingerprint density at radius 1 is 0.750 bits per heavy atom. The summed E-state index contributed by atoms with van der Waals surface area (Å²) in [6, 6.07) is 0. The second kappa shape index (κ2) is 10.6. The molecule has 0 aromatic heterocycles. The molecule has 0 saturated carbocycles. The third-order valence-corrected chi connectivity index (χ3v) is 7.47. The van der Waals surface area contributed by atoms with E-state index in [0.29, 0.717) is 26.2 Å². The summed E-state index contributed by atoms with van der Waals surface area (Å²) in [5, 5.41) is -2.32. The number of hydrogen-bond acceptors (Lipinski definition) is 12. The van der Waals surface area contributed by atoms with Crippen molar-refractivity contribution in [1.82, 2.24) is 19.6 Å². The van der Waals surface area contributed by atoms with E-state index in [4.69, 9.17) is 0 Å². The molecule has 0 aromatic carbocycles. The Hall–Kier alpha value is -2.16. The van der Waals surface area contributed by atoms with Gasteiger partial charge in [-0.2, -0.15) is 0 Å². The van der Waals surface area contributed by atoms with Crippen molar-refractivity contribution in [3.8, 4) is 0 Å². The fourth-order valence-corrected chi connectivity index (χ4v) is 5.39. The molecule has 0 bridgehead atoms. The minimum Gasteiger partial charge on any atom is -0.469 e. The molecule has 0 aliphatic carbocycles. The van der Waals surface area contributed by atoms with E-state index >= 15 is 0 Å². The van der Waals surface area contributed by atoms with E-state index in [-0.39, 0.29) is 26.2 Å². The number of thioether (sulfide) groups is 2. The van der Waals surface area contributed by atoms with Gasteiger partial charge in [0.1, 0.15) is 10.5 Å². The van der Waals surface area contributed by atoms with Crippen molar-refractivity contribution in [2.45, 2.75) is 23.3 Å². The van der Waals surface area contributed by atoms with Crippen molar-refractivity contribution in [2.75, 3.05) is 53.7 Å². The molecule has 0 radical (unpaired) electrons. The predicted octanol–water partition coefficient (Wildman–Crippen LogP) is -0.227. The Balaban J connectivity index is 1.46. The zero-order valence-electron chi connectivity index (χ0n) is 17.7. The molecular formula is C18H24N4O8S2. The van der Waals surface area contributed by atoms with Crippen molar-refractivity contribution >= 4 is 57.8 Å². The zero-order chi connectivity index (χ0) is 23.4. The van der Waals surface area contributed by atoms with E-state index in [9.17, 15) is 28.8 Å². The smallest absolute Gasteiger partial charge is 0.307 e. The van der Waals surface area contributed by atoms with E-state index in [2.05, 4.69) is 9.47 Å². The molecule has 12 nitrogen and oxygen atoms in total. The van der Waals surface area contributed by atoms with Gasteiger partial charge in [-0.25, -0.2) is 0 Å². The van der Waals surface area contributed by atoms with Crippen molar-refractivity contribution in [1.29, 1.82) is 0 Å². The van der Waals surface area contributed by atoms with Crippen LogP contribution in [-0.4, -0.2) is 118 Å². The number of nitrogens with zero attached hydrogens (tertiary/aromatic N) is 4. The van der Waals surface area contributed by atoms with Crippen molar-refractivity contribution in [3.63, 3.8) is 0 Å². The fourth-order valence-electron chi connectivity index (χ4n) is 3.45. The number of ether oxygens (including phenoxy) is 2. The lowest BCUT2D eigenvalue weighted by Crippen LogP contribution is -2.53. The summed E-state index contributed by atoms with van der Waals surface area (Å²) >= 11 is 1.65. The molecule has 3 heterocycles. The number of hydrogen-bond donors (Lipinski definition) is 0. The standard InChI is InChI=1S/C18H24N4O8S2/c1-29-13(23)7-11-15(25)21(17(27)31-11)9-19-3-5-20(6-4-19)10-22-16(26)12(32-18(22)28)8-14(24)30-2/h11-12H,3-10H2,1-2H3/t11-,12-/m1/s1. The predicted molar refractivity (Wildman–Crippen MR) is 113 cm³/mol. The largest absolute Gasteiger partial charge is 0.469 e. The number of esters is 2. The van der Waals surface area contributed by atoms with Gasteiger partial charge in [-0.15, -0.1) is 0 Å². The van der Waals surface area contributed by atoms with Crippen LogP contribution in [0.25, 0.3) is 0 Å². The van der Waals surface area contributed by atoms with Gasteiger partial charge in [0.05, 0.1) is 40.4 Å². The van der Waals surface area contributed by atoms with Gasteiger partial charge >= 0.3 is 11.9 Å². The summed E-state index contributed by atoms with van der Waals surface area (Å²) in [5.41, 5.74) is 0. The summed E-state index contributed by atoms with van der Waals surface area (Å²) in [4.78, 5) is 78.3. The fraction of sp³-hybridized carbons (Fsp3) is 0.667. The molecule has 4 amide bonds. The van der Waals surface area contributed by atoms with Crippen LogP contribution in [0.3, 0.4) is 0 Å². The lowest BCUT2D eigenvalue weighted by atomic mass is 10.2. The van der Waals surface area contributed by atoms with Crippen LogP contribution < -0.4 is 0 Å². The molecule has 3 aliphatic rings. The average Bonchev–Trinajstić information content (AvgIpc) is 3.18. The highest BCUT2D eigenvalue weighted by Crippen LogP contribution is 2.31. The van der Waals surface area contributed by atoms with E-state index < -0.39 is 44.7 Å². The van der Waals surface area contributed by atoms with Crippen LogP contribution in [0.5, 0.6) is 0 Å². The Kier molecular flexibility index (Phi) is 8.14.